The Hall–Kier alpha value is -3.02. The van der Waals surface area contributed by atoms with Crippen molar-refractivity contribution in [3.05, 3.63) is 64.2 Å². The highest BCUT2D eigenvalue weighted by molar-refractivity contribution is 6.33. The van der Waals surface area contributed by atoms with Crippen LogP contribution in [0.2, 0.25) is 0 Å². The quantitative estimate of drug-likeness (QED) is 0.404. The van der Waals surface area contributed by atoms with Gasteiger partial charge in [0, 0.05) is 17.7 Å². The molecule has 1 heterocycles. The molecule has 2 aromatic carbocycles. The van der Waals surface area contributed by atoms with Gasteiger partial charge in [0.25, 0.3) is 5.69 Å². The summed E-state index contributed by atoms with van der Waals surface area (Å²) in [6.45, 7) is 4.28. The van der Waals surface area contributed by atoms with Crippen LogP contribution in [0.15, 0.2) is 53.6 Å². The minimum Gasteiger partial charge on any atom is -0.271 e. The van der Waals surface area contributed by atoms with Gasteiger partial charge in [-0.1, -0.05) is 30.3 Å². The smallest absolute Gasteiger partial charge is 0.271 e. The lowest BCUT2D eigenvalue weighted by Crippen LogP contribution is -2.30. The molecule has 0 fully saturated rings. The van der Waals surface area contributed by atoms with E-state index in [-0.39, 0.29) is 11.1 Å². The molecule has 0 saturated heterocycles. The number of nitro benzene ring substituents is 1. The number of benzene rings is 2. The van der Waals surface area contributed by atoms with Crippen LogP contribution in [0.1, 0.15) is 19.4 Å². The van der Waals surface area contributed by atoms with E-state index in [9.17, 15) is 10.1 Å². The standard InChI is InChI=1S/C18H18N4O2/c1-18(2)13-8-4-6-10-15(13)21(3)17(18)12-19-20-14-9-5-7-11-16(14)22(23)24/h4-12H,1-3H3/p+1. The summed E-state index contributed by atoms with van der Waals surface area (Å²) in [5.41, 5.74) is 6.38. The largest absolute Gasteiger partial charge is 0.294 e. The molecule has 6 nitrogen and oxygen atoms in total. The van der Waals surface area contributed by atoms with Crippen LogP contribution in [0.5, 0.6) is 0 Å². The van der Waals surface area contributed by atoms with Crippen LogP contribution in [0.25, 0.3) is 0 Å². The Labute approximate surface area is 140 Å². The van der Waals surface area contributed by atoms with E-state index in [1.165, 1.54) is 11.6 Å². The predicted octanol–water partition coefficient (Wildman–Crippen LogP) is 3.70. The zero-order valence-corrected chi connectivity index (χ0v) is 13.9. The van der Waals surface area contributed by atoms with Gasteiger partial charge in [0.2, 0.25) is 11.4 Å². The zero-order chi connectivity index (χ0) is 17.3. The van der Waals surface area contributed by atoms with Gasteiger partial charge in [-0.15, -0.1) is 0 Å². The second-order valence-corrected chi connectivity index (χ2v) is 6.23. The first-order valence-electron chi connectivity index (χ1n) is 7.66. The highest BCUT2D eigenvalue weighted by atomic mass is 16.6. The molecule has 0 aromatic heterocycles. The first-order valence-corrected chi connectivity index (χ1v) is 7.66. The van der Waals surface area contributed by atoms with Gasteiger partial charge in [-0.25, -0.2) is 0 Å². The van der Waals surface area contributed by atoms with Crippen LogP contribution in [0.3, 0.4) is 0 Å². The van der Waals surface area contributed by atoms with Crippen LogP contribution in [0.4, 0.5) is 17.1 Å². The Bertz CT molecular complexity index is 869. The van der Waals surface area contributed by atoms with Crippen molar-refractivity contribution in [2.75, 3.05) is 12.5 Å². The van der Waals surface area contributed by atoms with Crippen LogP contribution in [-0.2, 0) is 5.41 Å². The lowest BCUT2D eigenvalue weighted by Gasteiger charge is -2.14. The van der Waals surface area contributed by atoms with Crippen molar-refractivity contribution in [1.82, 2.24) is 0 Å². The number of nitrogens with one attached hydrogen (secondary N) is 1. The molecule has 0 aliphatic carbocycles. The van der Waals surface area contributed by atoms with Gasteiger partial charge in [0.05, 0.1) is 10.3 Å². The normalized spacial score (nSPS) is 15.6. The van der Waals surface area contributed by atoms with E-state index >= 15 is 0 Å². The minimum absolute atomic E-state index is 0.00183. The SMILES string of the molecule is C[N+]1=C(/C=N/Nc2ccccc2[N+](=O)[O-])C(C)(C)c2ccccc21. The van der Waals surface area contributed by atoms with Crippen molar-refractivity contribution in [1.29, 1.82) is 0 Å². The van der Waals surface area contributed by atoms with Gasteiger partial charge in [0.15, 0.2) is 0 Å². The average molecular weight is 323 g/mol. The van der Waals surface area contributed by atoms with Crippen molar-refractivity contribution in [2.24, 2.45) is 5.10 Å². The molecule has 0 atom stereocenters. The molecule has 0 amide bonds. The lowest BCUT2D eigenvalue weighted by molar-refractivity contribution is -0.400. The molecule has 1 aliphatic rings. The molecule has 3 rings (SSSR count). The summed E-state index contributed by atoms with van der Waals surface area (Å²) in [4.78, 5) is 10.6. The molecule has 0 radical (unpaired) electrons. The van der Waals surface area contributed by atoms with E-state index in [1.807, 2.05) is 19.2 Å². The number of para-hydroxylation sites is 3. The van der Waals surface area contributed by atoms with E-state index in [0.29, 0.717) is 5.69 Å². The Kier molecular flexibility index (Phi) is 3.89. The molecule has 0 bridgehead atoms. The Balaban J connectivity index is 1.89. The molecule has 0 unspecified atom stereocenters. The number of fused-ring (bicyclic) bond motifs is 1. The Morgan fingerprint density at radius 3 is 2.54 bits per heavy atom. The van der Waals surface area contributed by atoms with Gasteiger partial charge in [0.1, 0.15) is 18.9 Å². The zero-order valence-electron chi connectivity index (χ0n) is 13.9. The summed E-state index contributed by atoms with van der Waals surface area (Å²) in [5, 5.41) is 15.3. The number of hydrogen-bond acceptors (Lipinski definition) is 4. The van der Waals surface area contributed by atoms with Gasteiger partial charge >= 0.3 is 0 Å². The second-order valence-electron chi connectivity index (χ2n) is 6.23. The predicted molar refractivity (Wildman–Crippen MR) is 95.5 cm³/mol. The molecule has 24 heavy (non-hydrogen) atoms. The summed E-state index contributed by atoms with van der Waals surface area (Å²) < 4.78 is 2.10. The number of nitro groups is 1. The molecule has 6 heteroatoms. The fourth-order valence-corrected chi connectivity index (χ4v) is 3.12. The van der Waals surface area contributed by atoms with E-state index in [4.69, 9.17) is 0 Å². The first kappa shape index (κ1) is 15.9. The van der Waals surface area contributed by atoms with Gasteiger partial charge < -0.3 is 0 Å². The fraction of sp³-hybridized carbons (Fsp3) is 0.222. The third-order valence-electron chi connectivity index (χ3n) is 4.41. The average Bonchev–Trinajstić information content (AvgIpc) is 2.76. The summed E-state index contributed by atoms with van der Waals surface area (Å²) in [7, 11) is 2.00. The second kappa shape index (κ2) is 5.88. The number of hydrogen-bond donors (Lipinski definition) is 1. The van der Waals surface area contributed by atoms with Crippen molar-refractivity contribution in [3.63, 3.8) is 0 Å². The molecular formula is C18H19N4O2+. The van der Waals surface area contributed by atoms with E-state index in [0.717, 1.165) is 11.4 Å². The third-order valence-corrected chi connectivity index (χ3v) is 4.41. The first-order chi connectivity index (χ1) is 11.4. The molecule has 1 aliphatic heterocycles. The fourth-order valence-electron chi connectivity index (χ4n) is 3.12. The highest BCUT2D eigenvalue weighted by Gasteiger charge is 2.43. The summed E-state index contributed by atoms with van der Waals surface area (Å²) in [6.07, 6.45) is 1.73. The number of hydrazone groups is 1. The minimum atomic E-state index is -0.424. The maximum atomic E-state index is 11.0. The number of anilines is 1. The van der Waals surface area contributed by atoms with Crippen molar-refractivity contribution >= 4 is 29.0 Å². The maximum Gasteiger partial charge on any atom is 0.294 e. The number of nitrogens with zero attached hydrogens (tertiary/aromatic N) is 3. The van der Waals surface area contributed by atoms with Gasteiger partial charge in [-0.2, -0.15) is 9.68 Å². The molecule has 0 saturated carbocycles. The summed E-state index contributed by atoms with van der Waals surface area (Å²) >= 11 is 0. The van der Waals surface area contributed by atoms with E-state index in [1.54, 1.807) is 24.4 Å². The van der Waals surface area contributed by atoms with Gasteiger partial charge in [-0.3, -0.25) is 15.5 Å². The maximum absolute atomic E-state index is 11.0. The van der Waals surface area contributed by atoms with Crippen molar-refractivity contribution in [3.8, 4) is 0 Å². The van der Waals surface area contributed by atoms with E-state index in [2.05, 4.69) is 41.1 Å². The molecule has 122 valence electrons. The molecular weight excluding hydrogens is 304 g/mol. The van der Waals surface area contributed by atoms with E-state index < -0.39 is 4.92 Å². The molecule has 2 aromatic rings. The summed E-state index contributed by atoms with van der Waals surface area (Å²) in [6, 6.07) is 14.7. The third kappa shape index (κ3) is 2.56. The molecule has 0 spiro atoms. The topological polar surface area (TPSA) is 70.5 Å². The lowest BCUT2D eigenvalue weighted by atomic mass is 9.82. The van der Waals surface area contributed by atoms with Crippen LogP contribution < -0.4 is 5.43 Å². The Morgan fingerprint density at radius 2 is 1.83 bits per heavy atom. The molecule has 1 N–H and O–H groups in total. The monoisotopic (exact) mass is 323 g/mol. The van der Waals surface area contributed by atoms with Gasteiger partial charge in [-0.05, 0) is 19.9 Å². The summed E-state index contributed by atoms with van der Waals surface area (Å²) in [5.74, 6) is 0. The number of rotatable bonds is 4. The van der Waals surface area contributed by atoms with Crippen LogP contribution >= 0.6 is 0 Å². The van der Waals surface area contributed by atoms with Crippen molar-refractivity contribution in [2.45, 2.75) is 19.3 Å². The Morgan fingerprint density at radius 1 is 1.17 bits per heavy atom. The van der Waals surface area contributed by atoms with Crippen molar-refractivity contribution < 1.29 is 9.50 Å². The van der Waals surface area contributed by atoms with Crippen LogP contribution in [-0.4, -0.2) is 28.5 Å². The van der Waals surface area contributed by atoms with Crippen LogP contribution in [0, 0.1) is 10.1 Å². The highest BCUT2D eigenvalue weighted by Crippen LogP contribution is 2.38.